The Kier molecular flexibility index (Phi) is 3.49. The quantitative estimate of drug-likeness (QED) is 0.740. The summed E-state index contributed by atoms with van der Waals surface area (Å²) in [6.45, 7) is 0. The van der Waals surface area contributed by atoms with E-state index in [9.17, 15) is 0 Å². The van der Waals surface area contributed by atoms with E-state index in [1.807, 2.05) is 23.1 Å². The summed E-state index contributed by atoms with van der Waals surface area (Å²) in [6, 6.07) is 17.3. The maximum atomic E-state index is 6.52. The number of fused-ring (bicyclic) bond motifs is 2. The molecule has 0 radical (unpaired) electrons. The molecular formula is C18H17NS2. The van der Waals surface area contributed by atoms with Gasteiger partial charge in [-0.1, -0.05) is 36.4 Å². The molecule has 1 nitrogen and oxygen atoms in total. The number of thiophene rings is 1. The Balaban J connectivity index is 1.71. The van der Waals surface area contributed by atoms with E-state index in [0.717, 1.165) is 5.75 Å². The van der Waals surface area contributed by atoms with Gasteiger partial charge >= 0.3 is 0 Å². The van der Waals surface area contributed by atoms with Crippen molar-refractivity contribution in [3.8, 4) is 0 Å². The van der Waals surface area contributed by atoms with Crippen molar-refractivity contribution in [3.63, 3.8) is 0 Å². The monoisotopic (exact) mass is 311 g/mol. The van der Waals surface area contributed by atoms with Crippen LogP contribution in [0, 0.1) is 0 Å². The number of hydrogen-bond donors (Lipinski definition) is 1. The largest absolute Gasteiger partial charge is 0.320 e. The molecule has 3 aromatic rings. The Labute approximate surface area is 133 Å². The number of hydrogen-bond acceptors (Lipinski definition) is 3. The van der Waals surface area contributed by atoms with E-state index in [1.165, 1.54) is 39.0 Å². The van der Waals surface area contributed by atoms with Gasteiger partial charge in [-0.2, -0.15) is 11.8 Å². The lowest BCUT2D eigenvalue weighted by atomic mass is 10.0. The molecule has 1 unspecified atom stereocenters. The van der Waals surface area contributed by atoms with Gasteiger partial charge in [0.25, 0.3) is 0 Å². The molecule has 3 heteroatoms. The summed E-state index contributed by atoms with van der Waals surface area (Å²) in [5.74, 6) is 2.40. The van der Waals surface area contributed by atoms with Crippen molar-refractivity contribution in [1.29, 1.82) is 0 Å². The molecule has 0 saturated carbocycles. The molecule has 0 amide bonds. The molecule has 0 aliphatic carbocycles. The molecule has 4 rings (SSSR count). The van der Waals surface area contributed by atoms with Gasteiger partial charge in [0.05, 0.1) is 6.04 Å². The molecule has 2 N–H and O–H groups in total. The van der Waals surface area contributed by atoms with Crippen molar-refractivity contribution < 1.29 is 0 Å². The first kappa shape index (κ1) is 13.4. The minimum atomic E-state index is -0.00444. The fourth-order valence-corrected chi connectivity index (χ4v) is 5.29. The molecular weight excluding hydrogens is 294 g/mol. The van der Waals surface area contributed by atoms with Gasteiger partial charge < -0.3 is 5.73 Å². The second-order valence-corrected chi connectivity index (χ2v) is 7.76. The number of thioether (sulfide) groups is 1. The summed E-state index contributed by atoms with van der Waals surface area (Å²) < 4.78 is 0. The number of nitrogens with two attached hydrogens (primary N) is 1. The Bertz CT molecular complexity index is 767. The van der Waals surface area contributed by atoms with Crippen molar-refractivity contribution in [2.75, 3.05) is 5.75 Å². The summed E-state index contributed by atoms with van der Waals surface area (Å²) in [5, 5.41) is 2.54. The first-order valence-electron chi connectivity index (χ1n) is 7.25. The van der Waals surface area contributed by atoms with Crippen LogP contribution < -0.4 is 5.73 Å². The van der Waals surface area contributed by atoms with Crippen molar-refractivity contribution in [2.24, 2.45) is 5.73 Å². The van der Waals surface area contributed by atoms with Gasteiger partial charge in [-0.05, 0) is 46.2 Å². The van der Waals surface area contributed by atoms with Crippen LogP contribution >= 0.6 is 23.1 Å². The van der Waals surface area contributed by atoms with Crippen LogP contribution in [0.2, 0.25) is 0 Å². The molecule has 0 spiro atoms. The first-order chi connectivity index (χ1) is 10.3. The second kappa shape index (κ2) is 5.48. The molecule has 106 valence electrons. The molecule has 0 fully saturated rings. The zero-order chi connectivity index (χ0) is 14.2. The highest BCUT2D eigenvalue weighted by Gasteiger charge is 2.18. The minimum absolute atomic E-state index is 0.00444. The van der Waals surface area contributed by atoms with Crippen molar-refractivity contribution in [3.05, 3.63) is 69.4 Å². The van der Waals surface area contributed by atoms with Gasteiger partial charge in [0, 0.05) is 15.5 Å². The number of rotatable bonds is 2. The second-order valence-electron chi connectivity index (χ2n) is 5.48. The topological polar surface area (TPSA) is 26.0 Å². The lowest BCUT2D eigenvalue weighted by Gasteiger charge is -2.11. The van der Waals surface area contributed by atoms with Gasteiger partial charge in [0.2, 0.25) is 0 Å². The lowest BCUT2D eigenvalue weighted by Crippen LogP contribution is -2.10. The fraction of sp³-hybridized carbons (Fsp3) is 0.222. The fourth-order valence-electron chi connectivity index (χ4n) is 2.89. The first-order valence-corrected chi connectivity index (χ1v) is 9.22. The van der Waals surface area contributed by atoms with Crippen molar-refractivity contribution in [1.82, 2.24) is 0 Å². The summed E-state index contributed by atoms with van der Waals surface area (Å²) in [4.78, 5) is 2.85. The van der Waals surface area contributed by atoms with E-state index in [-0.39, 0.29) is 6.04 Å². The van der Waals surface area contributed by atoms with Gasteiger partial charge in [-0.3, -0.25) is 0 Å². The predicted octanol–water partition coefficient (Wildman–Crippen LogP) is 4.74. The molecule has 1 aliphatic rings. The van der Waals surface area contributed by atoms with Crippen LogP contribution in [-0.4, -0.2) is 5.75 Å². The van der Waals surface area contributed by atoms with E-state index in [0.29, 0.717) is 0 Å². The van der Waals surface area contributed by atoms with E-state index >= 15 is 0 Å². The highest BCUT2D eigenvalue weighted by molar-refractivity contribution is 7.98. The summed E-state index contributed by atoms with van der Waals surface area (Å²) in [5.41, 5.74) is 9.23. The molecule has 21 heavy (non-hydrogen) atoms. The predicted molar refractivity (Wildman–Crippen MR) is 94.2 cm³/mol. The summed E-state index contributed by atoms with van der Waals surface area (Å²) in [6.07, 6.45) is 1.20. The van der Waals surface area contributed by atoms with Crippen LogP contribution in [0.1, 0.15) is 26.9 Å². The lowest BCUT2D eigenvalue weighted by molar-refractivity contribution is 0.894. The van der Waals surface area contributed by atoms with E-state index in [2.05, 4.69) is 48.5 Å². The standard InChI is InChI=1S/C18H17NS2/c19-18(17-10-15-11-20-8-7-16(15)21-17)14-6-5-12-3-1-2-4-13(12)9-14/h1-6,9-10,18H,7-8,11,19H2. The summed E-state index contributed by atoms with van der Waals surface area (Å²) in [7, 11) is 0. The highest BCUT2D eigenvalue weighted by atomic mass is 32.2. The normalized spacial score (nSPS) is 15.9. The minimum Gasteiger partial charge on any atom is -0.320 e. The highest BCUT2D eigenvalue weighted by Crippen LogP contribution is 2.36. The third-order valence-electron chi connectivity index (χ3n) is 4.09. The Morgan fingerprint density at radius 3 is 2.71 bits per heavy atom. The molecule has 0 bridgehead atoms. The van der Waals surface area contributed by atoms with E-state index in [1.54, 1.807) is 4.88 Å². The Morgan fingerprint density at radius 2 is 1.86 bits per heavy atom. The van der Waals surface area contributed by atoms with Crippen LogP contribution in [0.15, 0.2) is 48.5 Å². The summed E-state index contributed by atoms with van der Waals surface area (Å²) >= 11 is 3.93. The third kappa shape index (κ3) is 2.50. The SMILES string of the molecule is NC(c1ccc2ccccc2c1)c1cc2c(s1)CCSC2. The zero-order valence-corrected chi connectivity index (χ0v) is 13.3. The van der Waals surface area contributed by atoms with Crippen LogP contribution in [0.25, 0.3) is 10.8 Å². The molecule has 0 saturated heterocycles. The van der Waals surface area contributed by atoms with E-state index in [4.69, 9.17) is 5.73 Å². The van der Waals surface area contributed by atoms with Crippen molar-refractivity contribution in [2.45, 2.75) is 18.2 Å². The molecule has 2 heterocycles. The van der Waals surface area contributed by atoms with Gasteiger partial charge in [-0.15, -0.1) is 11.3 Å². The third-order valence-corrected chi connectivity index (χ3v) is 6.41. The maximum Gasteiger partial charge on any atom is 0.0646 e. The number of benzene rings is 2. The molecule has 1 aliphatic heterocycles. The van der Waals surface area contributed by atoms with Gasteiger partial charge in [0.15, 0.2) is 0 Å². The average molecular weight is 311 g/mol. The van der Waals surface area contributed by atoms with Gasteiger partial charge in [-0.25, -0.2) is 0 Å². The molecule has 2 aromatic carbocycles. The number of aryl methyl sites for hydroxylation is 1. The Hall–Kier alpha value is -1.29. The Morgan fingerprint density at radius 1 is 1.00 bits per heavy atom. The smallest absolute Gasteiger partial charge is 0.0646 e. The molecule has 1 aromatic heterocycles. The van der Waals surface area contributed by atoms with Crippen LogP contribution in [0.4, 0.5) is 0 Å². The average Bonchev–Trinajstić information content (AvgIpc) is 2.97. The van der Waals surface area contributed by atoms with Crippen molar-refractivity contribution >= 4 is 33.9 Å². The van der Waals surface area contributed by atoms with Gasteiger partial charge in [0.1, 0.15) is 0 Å². The van der Waals surface area contributed by atoms with Crippen LogP contribution in [0.5, 0.6) is 0 Å². The molecule has 1 atom stereocenters. The maximum absolute atomic E-state index is 6.52. The zero-order valence-electron chi connectivity index (χ0n) is 11.7. The van der Waals surface area contributed by atoms with Crippen LogP contribution in [-0.2, 0) is 12.2 Å². The van der Waals surface area contributed by atoms with E-state index < -0.39 is 0 Å². The van der Waals surface area contributed by atoms with Crippen LogP contribution in [0.3, 0.4) is 0 Å².